The van der Waals surface area contributed by atoms with Gasteiger partial charge in [0.2, 0.25) is 5.16 Å². The zero-order valence-electron chi connectivity index (χ0n) is 13.4. The Morgan fingerprint density at radius 2 is 1.96 bits per heavy atom. The van der Waals surface area contributed by atoms with Gasteiger partial charge in [-0.2, -0.15) is 4.68 Å². The number of rotatable bonds is 7. The van der Waals surface area contributed by atoms with Gasteiger partial charge < -0.3 is 0 Å². The molecule has 7 heteroatoms. The summed E-state index contributed by atoms with van der Waals surface area (Å²) in [6.07, 6.45) is 5.22. The molecule has 0 atom stereocenters. The molecular formula is C17H18ClN5S. The van der Waals surface area contributed by atoms with Crippen LogP contribution in [-0.4, -0.2) is 25.2 Å². The minimum absolute atomic E-state index is 0.496. The van der Waals surface area contributed by atoms with Crippen LogP contribution in [0.25, 0.3) is 5.69 Å². The van der Waals surface area contributed by atoms with Gasteiger partial charge >= 0.3 is 0 Å². The number of benzene rings is 1. The minimum Gasteiger partial charge on any atom is -0.245 e. The van der Waals surface area contributed by atoms with Gasteiger partial charge in [-0.25, -0.2) is 4.98 Å². The molecule has 0 amide bonds. The molecule has 2 aromatic heterocycles. The number of pyridine rings is 1. The van der Waals surface area contributed by atoms with Crippen molar-refractivity contribution in [2.24, 2.45) is 0 Å². The number of aromatic nitrogens is 5. The molecule has 5 nitrogen and oxygen atoms in total. The van der Waals surface area contributed by atoms with Gasteiger partial charge in [0, 0.05) is 11.9 Å². The SMILES string of the molecule is CCCCc1ccc(-n2nnnc2SCc2ccnc(Cl)c2)cc1. The summed E-state index contributed by atoms with van der Waals surface area (Å²) in [6.45, 7) is 2.20. The van der Waals surface area contributed by atoms with Crippen molar-refractivity contribution in [3.63, 3.8) is 0 Å². The number of nitrogens with zero attached hydrogens (tertiary/aromatic N) is 5. The maximum Gasteiger partial charge on any atom is 0.214 e. The summed E-state index contributed by atoms with van der Waals surface area (Å²) in [5.41, 5.74) is 3.40. The van der Waals surface area contributed by atoms with Crippen LogP contribution in [0.3, 0.4) is 0 Å². The summed E-state index contributed by atoms with van der Waals surface area (Å²) >= 11 is 7.49. The second kappa shape index (κ2) is 8.26. The van der Waals surface area contributed by atoms with Crippen LogP contribution < -0.4 is 0 Å². The van der Waals surface area contributed by atoms with E-state index in [1.807, 2.05) is 12.1 Å². The summed E-state index contributed by atoms with van der Waals surface area (Å²) in [5.74, 6) is 0.733. The van der Waals surface area contributed by atoms with E-state index in [9.17, 15) is 0 Å². The first-order valence-electron chi connectivity index (χ1n) is 7.87. The van der Waals surface area contributed by atoms with E-state index in [0.717, 1.165) is 28.6 Å². The molecule has 0 spiro atoms. The highest BCUT2D eigenvalue weighted by atomic mass is 35.5. The van der Waals surface area contributed by atoms with Crippen LogP contribution in [0.4, 0.5) is 0 Å². The topological polar surface area (TPSA) is 56.5 Å². The zero-order chi connectivity index (χ0) is 16.8. The second-order valence-corrected chi connectivity index (χ2v) is 6.75. The highest BCUT2D eigenvalue weighted by Crippen LogP contribution is 2.23. The van der Waals surface area contributed by atoms with Gasteiger partial charge in [-0.15, -0.1) is 5.10 Å². The van der Waals surface area contributed by atoms with Gasteiger partial charge in [0.1, 0.15) is 5.15 Å². The summed E-state index contributed by atoms with van der Waals surface area (Å²) in [4.78, 5) is 3.99. The summed E-state index contributed by atoms with van der Waals surface area (Å²) < 4.78 is 1.76. The van der Waals surface area contributed by atoms with Gasteiger partial charge in [-0.05, 0) is 58.7 Å². The lowest BCUT2D eigenvalue weighted by atomic mass is 10.1. The number of thioether (sulfide) groups is 1. The van der Waals surface area contributed by atoms with Gasteiger partial charge in [0.15, 0.2) is 0 Å². The van der Waals surface area contributed by atoms with E-state index in [1.165, 1.54) is 18.4 Å². The van der Waals surface area contributed by atoms with E-state index < -0.39 is 0 Å². The number of hydrogen-bond donors (Lipinski definition) is 0. The van der Waals surface area contributed by atoms with Gasteiger partial charge in [0.05, 0.1) is 5.69 Å². The third kappa shape index (κ3) is 4.33. The van der Waals surface area contributed by atoms with Crippen molar-refractivity contribution in [2.45, 2.75) is 37.1 Å². The number of aryl methyl sites for hydroxylation is 1. The van der Waals surface area contributed by atoms with Crippen molar-refractivity contribution in [1.29, 1.82) is 0 Å². The smallest absolute Gasteiger partial charge is 0.214 e. The van der Waals surface area contributed by atoms with Gasteiger partial charge in [0.25, 0.3) is 0 Å². The van der Waals surface area contributed by atoms with Crippen molar-refractivity contribution in [3.05, 3.63) is 58.9 Å². The van der Waals surface area contributed by atoms with Crippen LogP contribution in [0.1, 0.15) is 30.9 Å². The van der Waals surface area contributed by atoms with Crippen molar-refractivity contribution < 1.29 is 0 Å². The molecule has 0 unspecified atom stereocenters. The Balaban J connectivity index is 1.70. The first kappa shape index (κ1) is 16.9. The number of tetrazole rings is 1. The third-order valence-electron chi connectivity index (χ3n) is 3.60. The summed E-state index contributed by atoms with van der Waals surface area (Å²) in [5, 5.41) is 13.3. The van der Waals surface area contributed by atoms with Crippen LogP contribution in [0, 0.1) is 0 Å². The van der Waals surface area contributed by atoms with Crippen LogP contribution in [0.15, 0.2) is 47.8 Å². The van der Waals surface area contributed by atoms with Crippen molar-refractivity contribution in [1.82, 2.24) is 25.2 Å². The highest BCUT2D eigenvalue weighted by Gasteiger charge is 2.09. The molecule has 0 aliphatic rings. The maximum absolute atomic E-state index is 5.92. The largest absolute Gasteiger partial charge is 0.245 e. The molecule has 3 aromatic rings. The van der Waals surface area contributed by atoms with E-state index in [1.54, 1.807) is 22.6 Å². The fraction of sp³-hybridized carbons (Fsp3) is 0.294. The lowest BCUT2D eigenvalue weighted by molar-refractivity contribution is 0.754. The average Bonchev–Trinajstić information content (AvgIpc) is 3.07. The van der Waals surface area contributed by atoms with Crippen LogP contribution >= 0.6 is 23.4 Å². The van der Waals surface area contributed by atoms with Crippen LogP contribution in [-0.2, 0) is 12.2 Å². The predicted molar refractivity (Wildman–Crippen MR) is 96.6 cm³/mol. The number of unbranched alkanes of at least 4 members (excludes halogenated alkanes) is 1. The van der Waals surface area contributed by atoms with E-state index in [4.69, 9.17) is 11.6 Å². The summed E-state index contributed by atoms with van der Waals surface area (Å²) in [6, 6.07) is 12.2. The molecule has 3 rings (SSSR count). The predicted octanol–water partition coefficient (Wildman–Crippen LogP) is 4.35. The molecular weight excluding hydrogens is 342 g/mol. The molecule has 2 heterocycles. The molecule has 0 radical (unpaired) electrons. The Morgan fingerprint density at radius 3 is 2.71 bits per heavy atom. The van der Waals surface area contributed by atoms with Gasteiger partial charge in [-0.1, -0.05) is 48.8 Å². The Hall–Kier alpha value is -1.92. The molecule has 0 bridgehead atoms. The van der Waals surface area contributed by atoms with Crippen LogP contribution in [0.2, 0.25) is 5.15 Å². The van der Waals surface area contributed by atoms with E-state index in [0.29, 0.717) is 5.15 Å². The first-order chi connectivity index (χ1) is 11.8. The molecule has 124 valence electrons. The highest BCUT2D eigenvalue weighted by molar-refractivity contribution is 7.98. The average molecular weight is 360 g/mol. The standard InChI is InChI=1S/C17H18ClN5S/c1-2-3-4-13-5-7-15(8-6-13)23-17(20-21-22-23)24-12-14-9-10-19-16(18)11-14/h5-11H,2-4,12H2,1H3. The molecule has 1 aromatic carbocycles. The lowest BCUT2D eigenvalue weighted by Crippen LogP contribution is -1.99. The normalized spacial score (nSPS) is 10.9. The van der Waals surface area contributed by atoms with Gasteiger partial charge in [-0.3, -0.25) is 0 Å². The molecule has 0 aliphatic carbocycles. The molecule has 0 N–H and O–H groups in total. The Morgan fingerprint density at radius 1 is 1.12 bits per heavy atom. The fourth-order valence-electron chi connectivity index (χ4n) is 2.30. The van der Waals surface area contributed by atoms with Crippen LogP contribution in [0.5, 0.6) is 0 Å². The molecule has 0 fully saturated rings. The monoisotopic (exact) mass is 359 g/mol. The first-order valence-corrected chi connectivity index (χ1v) is 9.23. The maximum atomic E-state index is 5.92. The Bertz CT molecular complexity index is 788. The third-order valence-corrected chi connectivity index (χ3v) is 4.80. The number of hydrogen-bond acceptors (Lipinski definition) is 5. The Labute approximate surface area is 150 Å². The second-order valence-electron chi connectivity index (χ2n) is 5.42. The summed E-state index contributed by atoms with van der Waals surface area (Å²) in [7, 11) is 0. The van der Waals surface area contributed by atoms with Crippen molar-refractivity contribution in [2.75, 3.05) is 0 Å². The lowest BCUT2D eigenvalue weighted by Gasteiger charge is -2.06. The number of halogens is 1. The molecule has 0 saturated heterocycles. The van der Waals surface area contributed by atoms with E-state index in [-0.39, 0.29) is 0 Å². The zero-order valence-corrected chi connectivity index (χ0v) is 15.0. The van der Waals surface area contributed by atoms with E-state index >= 15 is 0 Å². The van der Waals surface area contributed by atoms with Crippen molar-refractivity contribution >= 4 is 23.4 Å². The van der Waals surface area contributed by atoms with Crippen molar-refractivity contribution in [3.8, 4) is 5.69 Å². The molecule has 0 aliphatic heterocycles. The minimum atomic E-state index is 0.496. The fourth-order valence-corrected chi connectivity index (χ4v) is 3.33. The Kier molecular flexibility index (Phi) is 5.82. The molecule has 24 heavy (non-hydrogen) atoms. The molecule has 0 saturated carbocycles. The van der Waals surface area contributed by atoms with E-state index in [2.05, 4.69) is 51.7 Å². The quantitative estimate of drug-likeness (QED) is 0.463.